The summed E-state index contributed by atoms with van der Waals surface area (Å²) in [4.78, 5) is 0. The first kappa shape index (κ1) is 11.3. The lowest BCUT2D eigenvalue weighted by Gasteiger charge is -2.06. The fourth-order valence-corrected chi connectivity index (χ4v) is 1.98. The van der Waals surface area contributed by atoms with E-state index in [1.165, 1.54) is 0 Å². The van der Waals surface area contributed by atoms with Gasteiger partial charge in [0.05, 0.1) is 10.7 Å². The van der Waals surface area contributed by atoms with Gasteiger partial charge in [0.2, 0.25) is 0 Å². The van der Waals surface area contributed by atoms with Crippen LogP contribution in [0.5, 0.6) is 0 Å². The van der Waals surface area contributed by atoms with Crippen LogP contribution in [0.2, 0.25) is 10.0 Å². The summed E-state index contributed by atoms with van der Waals surface area (Å²) < 4.78 is 1.78. The standard InChI is InChI=1S/C11H11Cl2N3/c1-7-5-11(14-2)15-16(7)10-4-3-8(12)6-9(10)13/h3-6H,1-2H3,(H,14,15). The second kappa shape index (κ2) is 4.36. The molecular weight excluding hydrogens is 245 g/mol. The number of anilines is 1. The minimum atomic E-state index is 0.585. The molecule has 0 atom stereocenters. The van der Waals surface area contributed by atoms with Crippen LogP contribution in [0.3, 0.4) is 0 Å². The summed E-state index contributed by atoms with van der Waals surface area (Å²) in [5, 5.41) is 8.56. The number of aromatic nitrogens is 2. The van der Waals surface area contributed by atoms with Crippen LogP contribution in [0.1, 0.15) is 5.69 Å². The fourth-order valence-electron chi connectivity index (χ4n) is 1.49. The first-order valence-corrected chi connectivity index (χ1v) is 5.57. The predicted octanol–water partition coefficient (Wildman–Crippen LogP) is 3.53. The highest BCUT2D eigenvalue weighted by Crippen LogP contribution is 2.25. The van der Waals surface area contributed by atoms with E-state index in [1.807, 2.05) is 26.1 Å². The third-order valence-electron chi connectivity index (χ3n) is 2.28. The van der Waals surface area contributed by atoms with E-state index in [9.17, 15) is 0 Å². The van der Waals surface area contributed by atoms with Crippen molar-refractivity contribution in [1.82, 2.24) is 9.78 Å². The highest BCUT2D eigenvalue weighted by molar-refractivity contribution is 6.35. The summed E-state index contributed by atoms with van der Waals surface area (Å²) in [6.45, 7) is 1.97. The third kappa shape index (κ3) is 2.01. The number of nitrogens with zero attached hydrogens (tertiary/aromatic N) is 2. The van der Waals surface area contributed by atoms with E-state index in [0.29, 0.717) is 10.0 Å². The average Bonchev–Trinajstić information content (AvgIpc) is 2.60. The molecule has 0 saturated carbocycles. The molecule has 0 spiro atoms. The van der Waals surface area contributed by atoms with Crippen molar-refractivity contribution in [2.24, 2.45) is 0 Å². The third-order valence-corrected chi connectivity index (χ3v) is 2.82. The molecule has 1 heterocycles. The van der Waals surface area contributed by atoms with Crippen molar-refractivity contribution >= 4 is 29.0 Å². The largest absolute Gasteiger partial charge is 0.372 e. The molecule has 0 saturated heterocycles. The summed E-state index contributed by atoms with van der Waals surface area (Å²) in [6.07, 6.45) is 0. The molecule has 1 N–H and O–H groups in total. The van der Waals surface area contributed by atoms with E-state index in [4.69, 9.17) is 23.2 Å². The molecule has 0 radical (unpaired) electrons. The number of nitrogens with one attached hydrogen (secondary N) is 1. The molecule has 0 aliphatic rings. The summed E-state index contributed by atoms with van der Waals surface area (Å²) in [6, 6.07) is 7.30. The van der Waals surface area contributed by atoms with Crippen molar-refractivity contribution in [2.45, 2.75) is 6.92 Å². The SMILES string of the molecule is CNc1cc(C)n(-c2ccc(Cl)cc2Cl)n1. The van der Waals surface area contributed by atoms with Crippen LogP contribution >= 0.6 is 23.2 Å². The van der Waals surface area contributed by atoms with E-state index in [-0.39, 0.29) is 0 Å². The van der Waals surface area contributed by atoms with Crippen LogP contribution in [0.4, 0.5) is 5.82 Å². The Labute approximate surface area is 104 Å². The van der Waals surface area contributed by atoms with E-state index in [1.54, 1.807) is 16.8 Å². The lowest BCUT2D eigenvalue weighted by Crippen LogP contribution is -2.00. The Kier molecular flexibility index (Phi) is 3.08. The predicted molar refractivity (Wildman–Crippen MR) is 67.9 cm³/mol. The lowest BCUT2D eigenvalue weighted by molar-refractivity contribution is 0.849. The highest BCUT2D eigenvalue weighted by Gasteiger charge is 2.08. The van der Waals surface area contributed by atoms with Crippen LogP contribution < -0.4 is 5.32 Å². The number of rotatable bonds is 2. The van der Waals surface area contributed by atoms with Crippen LogP contribution in [-0.2, 0) is 0 Å². The molecule has 0 fully saturated rings. The first-order chi connectivity index (χ1) is 7.61. The van der Waals surface area contributed by atoms with E-state index >= 15 is 0 Å². The van der Waals surface area contributed by atoms with E-state index < -0.39 is 0 Å². The molecule has 5 heteroatoms. The van der Waals surface area contributed by atoms with Crippen LogP contribution in [0.15, 0.2) is 24.3 Å². The summed E-state index contributed by atoms with van der Waals surface area (Å²) >= 11 is 12.0. The van der Waals surface area contributed by atoms with Gasteiger partial charge in [-0.1, -0.05) is 23.2 Å². The molecule has 16 heavy (non-hydrogen) atoms. The van der Waals surface area contributed by atoms with Gasteiger partial charge < -0.3 is 5.32 Å². The smallest absolute Gasteiger partial charge is 0.148 e. The topological polar surface area (TPSA) is 29.9 Å². The van der Waals surface area contributed by atoms with Crippen molar-refractivity contribution in [1.29, 1.82) is 0 Å². The lowest BCUT2D eigenvalue weighted by atomic mass is 10.3. The number of halogens is 2. The van der Waals surface area contributed by atoms with Crippen molar-refractivity contribution in [2.75, 3.05) is 12.4 Å². The Hall–Kier alpha value is -1.19. The van der Waals surface area contributed by atoms with Gasteiger partial charge in [0.25, 0.3) is 0 Å². The molecular formula is C11H11Cl2N3. The molecule has 3 nitrogen and oxygen atoms in total. The van der Waals surface area contributed by atoms with Crippen LogP contribution in [0, 0.1) is 6.92 Å². The van der Waals surface area contributed by atoms with Gasteiger partial charge in [0.15, 0.2) is 0 Å². The number of benzene rings is 1. The molecule has 0 bridgehead atoms. The van der Waals surface area contributed by atoms with Gasteiger partial charge in [-0.25, -0.2) is 4.68 Å². The van der Waals surface area contributed by atoms with Gasteiger partial charge in [0.1, 0.15) is 5.82 Å². The molecule has 2 aromatic rings. The Bertz CT molecular complexity index is 520. The minimum absolute atomic E-state index is 0.585. The number of hydrogen-bond acceptors (Lipinski definition) is 2. The monoisotopic (exact) mass is 255 g/mol. The van der Waals surface area contributed by atoms with E-state index in [2.05, 4.69) is 10.4 Å². The quantitative estimate of drug-likeness (QED) is 0.890. The second-order valence-electron chi connectivity index (χ2n) is 3.43. The maximum Gasteiger partial charge on any atom is 0.148 e. The first-order valence-electron chi connectivity index (χ1n) is 4.81. The second-order valence-corrected chi connectivity index (χ2v) is 4.27. The molecule has 2 rings (SSSR count). The Balaban J connectivity index is 2.53. The van der Waals surface area contributed by atoms with Crippen molar-refractivity contribution in [3.8, 4) is 5.69 Å². The van der Waals surface area contributed by atoms with Crippen LogP contribution in [0.25, 0.3) is 5.69 Å². The molecule has 0 amide bonds. The summed E-state index contributed by atoms with van der Waals surface area (Å²) in [7, 11) is 1.83. The molecule has 0 aliphatic heterocycles. The van der Waals surface area contributed by atoms with Gasteiger partial charge >= 0.3 is 0 Å². The molecule has 0 unspecified atom stereocenters. The maximum absolute atomic E-state index is 6.12. The highest BCUT2D eigenvalue weighted by atomic mass is 35.5. The van der Waals surface area contributed by atoms with Crippen molar-refractivity contribution in [3.63, 3.8) is 0 Å². The zero-order valence-electron chi connectivity index (χ0n) is 8.96. The summed E-state index contributed by atoms with van der Waals surface area (Å²) in [5.41, 5.74) is 1.83. The van der Waals surface area contributed by atoms with Gasteiger partial charge in [-0.05, 0) is 25.1 Å². The maximum atomic E-state index is 6.12. The summed E-state index contributed by atoms with van der Waals surface area (Å²) in [5.74, 6) is 0.809. The Morgan fingerprint density at radius 2 is 2.00 bits per heavy atom. The molecule has 1 aromatic heterocycles. The molecule has 0 aliphatic carbocycles. The number of aryl methyl sites for hydroxylation is 1. The zero-order chi connectivity index (χ0) is 11.7. The normalized spacial score (nSPS) is 10.5. The molecule has 84 valence electrons. The zero-order valence-corrected chi connectivity index (χ0v) is 10.5. The van der Waals surface area contributed by atoms with Crippen LogP contribution in [-0.4, -0.2) is 16.8 Å². The van der Waals surface area contributed by atoms with Gasteiger partial charge in [0, 0.05) is 23.8 Å². The number of hydrogen-bond donors (Lipinski definition) is 1. The van der Waals surface area contributed by atoms with Gasteiger partial charge in [-0.15, -0.1) is 0 Å². The van der Waals surface area contributed by atoms with Gasteiger partial charge in [-0.2, -0.15) is 5.10 Å². The van der Waals surface area contributed by atoms with Gasteiger partial charge in [-0.3, -0.25) is 0 Å². The van der Waals surface area contributed by atoms with Crippen molar-refractivity contribution < 1.29 is 0 Å². The van der Waals surface area contributed by atoms with Crippen molar-refractivity contribution in [3.05, 3.63) is 40.0 Å². The fraction of sp³-hybridized carbons (Fsp3) is 0.182. The molecule has 1 aromatic carbocycles. The Morgan fingerprint density at radius 3 is 2.56 bits per heavy atom. The minimum Gasteiger partial charge on any atom is -0.372 e. The average molecular weight is 256 g/mol. The van der Waals surface area contributed by atoms with E-state index in [0.717, 1.165) is 17.2 Å². The Morgan fingerprint density at radius 1 is 1.25 bits per heavy atom.